The highest BCUT2D eigenvalue weighted by molar-refractivity contribution is 7.17. The Kier molecular flexibility index (Phi) is 4.14. The highest BCUT2D eigenvalue weighted by Crippen LogP contribution is 2.43. The molecule has 3 atom stereocenters. The van der Waals surface area contributed by atoms with Gasteiger partial charge in [0.05, 0.1) is 24.5 Å². The molecule has 2 N–H and O–H groups in total. The lowest BCUT2D eigenvalue weighted by Gasteiger charge is -2.18. The first-order chi connectivity index (χ1) is 10.9. The maximum Gasteiger partial charge on any atom is 0.341 e. The zero-order valence-corrected chi connectivity index (χ0v) is 13.9. The van der Waals surface area contributed by atoms with Crippen LogP contribution in [-0.2, 0) is 27.2 Å². The number of methoxy groups -OCH3 is 1. The van der Waals surface area contributed by atoms with Crippen molar-refractivity contribution in [3.8, 4) is 0 Å². The normalized spacial score (nSPS) is 25.4. The molecule has 0 aromatic carbocycles. The van der Waals surface area contributed by atoms with E-state index in [-0.39, 0.29) is 5.91 Å². The Morgan fingerprint density at radius 2 is 2.04 bits per heavy atom. The van der Waals surface area contributed by atoms with Gasteiger partial charge in [0.15, 0.2) is 0 Å². The Morgan fingerprint density at radius 1 is 1.30 bits per heavy atom. The average molecular weight is 337 g/mol. The van der Waals surface area contributed by atoms with Crippen LogP contribution in [0.5, 0.6) is 0 Å². The second-order valence-corrected chi connectivity index (χ2v) is 7.43. The fourth-order valence-electron chi connectivity index (χ4n) is 3.12. The fourth-order valence-corrected chi connectivity index (χ4v) is 4.52. The monoisotopic (exact) mass is 337 g/mol. The Hall–Kier alpha value is -1.89. The third-order valence-corrected chi connectivity index (χ3v) is 5.75. The van der Waals surface area contributed by atoms with Gasteiger partial charge in [0.25, 0.3) is 0 Å². The molecular weight excluding hydrogens is 318 g/mol. The largest absolute Gasteiger partial charge is 0.481 e. The summed E-state index contributed by atoms with van der Waals surface area (Å²) < 4.78 is 4.87. The first-order valence-electron chi connectivity index (χ1n) is 7.68. The molecule has 0 radical (unpaired) electrons. The molecule has 124 valence electrons. The van der Waals surface area contributed by atoms with E-state index in [1.54, 1.807) is 0 Å². The summed E-state index contributed by atoms with van der Waals surface area (Å²) in [6.45, 7) is 2.17. The molecular formula is C16H19NO5S. The van der Waals surface area contributed by atoms with Gasteiger partial charge in [0, 0.05) is 4.88 Å². The van der Waals surface area contributed by atoms with Crippen molar-refractivity contribution < 1.29 is 24.2 Å². The summed E-state index contributed by atoms with van der Waals surface area (Å²) in [6.07, 6.45) is 3.05. The number of hydrogen-bond acceptors (Lipinski definition) is 5. The molecule has 3 unspecified atom stereocenters. The topological polar surface area (TPSA) is 92.7 Å². The van der Waals surface area contributed by atoms with Gasteiger partial charge in [-0.25, -0.2) is 4.79 Å². The van der Waals surface area contributed by atoms with Crippen molar-refractivity contribution in [3.05, 3.63) is 16.0 Å². The SMILES string of the molecule is COC(=O)c1c(NC(=O)C2CC2C(=O)O)sc2c1CCC(C)C2. The van der Waals surface area contributed by atoms with E-state index in [1.807, 2.05) is 0 Å². The molecule has 6 nitrogen and oxygen atoms in total. The molecule has 0 saturated heterocycles. The second-order valence-electron chi connectivity index (χ2n) is 6.32. The lowest BCUT2D eigenvalue weighted by atomic mass is 9.88. The van der Waals surface area contributed by atoms with Crippen LogP contribution in [-0.4, -0.2) is 30.1 Å². The minimum absolute atomic E-state index is 0.325. The van der Waals surface area contributed by atoms with E-state index in [0.29, 0.717) is 22.9 Å². The summed E-state index contributed by atoms with van der Waals surface area (Å²) in [4.78, 5) is 36.3. The molecule has 1 amide bonds. The van der Waals surface area contributed by atoms with Gasteiger partial charge in [0.1, 0.15) is 5.00 Å². The predicted octanol–water partition coefficient (Wildman–Crippen LogP) is 2.32. The smallest absolute Gasteiger partial charge is 0.341 e. The predicted molar refractivity (Wildman–Crippen MR) is 84.7 cm³/mol. The van der Waals surface area contributed by atoms with E-state index in [4.69, 9.17) is 9.84 Å². The Labute approximate surface area is 137 Å². The lowest BCUT2D eigenvalue weighted by molar-refractivity contribution is -0.139. The van der Waals surface area contributed by atoms with Crippen LogP contribution >= 0.6 is 11.3 Å². The van der Waals surface area contributed by atoms with Crippen LogP contribution in [0.15, 0.2) is 0 Å². The van der Waals surface area contributed by atoms with Crippen LogP contribution in [0.25, 0.3) is 0 Å². The zero-order valence-electron chi connectivity index (χ0n) is 13.0. The number of amides is 1. The first kappa shape index (κ1) is 16.0. The molecule has 0 spiro atoms. The van der Waals surface area contributed by atoms with E-state index >= 15 is 0 Å². The lowest BCUT2D eigenvalue weighted by Crippen LogP contribution is -2.18. The number of fused-ring (bicyclic) bond motifs is 1. The Morgan fingerprint density at radius 3 is 2.65 bits per heavy atom. The summed E-state index contributed by atoms with van der Waals surface area (Å²) in [7, 11) is 1.32. The van der Waals surface area contributed by atoms with E-state index < -0.39 is 23.8 Å². The summed E-state index contributed by atoms with van der Waals surface area (Å²) in [5.41, 5.74) is 1.42. The minimum Gasteiger partial charge on any atom is -0.481 e. The summed E-state index contributed by atoms with van der Waals surface area (Å²) in [5.74, 6) is -2.28. The zero-order chi connectivity index (χ0) is 16.7. The standard InChI is InChI=1S/C16H19NO5S/c1-7-3-4-8-11(5-7)23-14(12(8)16(21)22-2)17-13(18)9-6-10(9)15(19)20/h7,9-10H,3-6H2,1-2H3,(H,17,18)(H,19,20). The van der Waals surface area contributed by atoms with Crippen LogP contribution in [0.3, 0.4) is 0 Å². The van der Waals surface area contributed by atoms with Crippen LogP contribution in [0, 0.1) is 17.8 Å². The van der Waals surface area contributed by atoms with E-state index in [2.05, 4.69) is 12.2 Å². The molecule has 23 heavy (non-hydrogen) atoms. The van der Waals surface area contributed by atoms with Crippen molar-refractivity contribution in [2.45, 2.75) is 32.6 Å². The number of anilines is 1. The highest BCUT2D eigenvalue weighted by Gasteiger charge is 2.48. The number of carboxylic acids is 1. The number of esters is 1. The molecule has 7 heteroatoms. The fraction of sp³-hybridized carbons (Fsp3) is 0.562. The Bertz CT molecular complexity index is 680. The molecule has 1 aromatic heterocycles. The van der Waals surface area contributed by atoms with Gasteiger partial charge in [0.2, 0.25) is 5.91 Å². The minimum atomic E-state index is -0.947. The summed E-state index contributed by atoms with van der Waals surface area (Å²) in [6, 6.07) is 0. The van der Waals surface area contributed by atoms with Gasteiger partial charge in [-0.05, 0) is 37.2 Å². The average Bonchev–Trinajstić information content (AvgIpc) is 3.23. The van der Waals surface area contributed by atoms with Crippen molar-refractivity contribution in [3.63, 3.8) is 0 Å². The molecule has 2 aliphatic rings. The molecule has 1 aromatic rings. The number of thiophene rings is 1. The van der Waals surface area contributed by atoms with Crippen molar-refractivity contribution in [2.75, 3.05) is 12.4 Å². The third-order valence-electron chi connectivity index (χ3n) is 4.58. The summed E-state index contributed by atoms with van der Waals surface area (Å²) in [5, 5.41) is 12.2. The number of rotatable bonds is 4. The molecule has 3 rings (SSSR count). The Balaban J connectivity index is 1.85. The van der Waals surface area contributed by atoms with Crippen LogP contribution in [0.2, 0.25) is 0 Å². The van der Waals surface area contributed by atoms with Gasteiger partial charge in [-0.2, -0.15) is 0 Å². The van der Waals surface area contributed by atoms with Gasteiger partial charge >= 0.3 is 11.9 Å². The molecule has 0 bridgehead atoms. The number of aliphatic carboxylic acids is 1. The van der Waals surface area contributed by atoms with Crippen LogP contribution < -0.4 is 5.32 Å². The number of ether oxygens (including phenoxy) is 1. The van der Waals surface area contributed by atoms with E-state index in [1.165, 1.54) is 18.4 Å². The number of carbonyl (C=O) groups is 3. The molecule has 1 heterocycles. The molecule has 2 aliphatic carbocycles. The maximum absolute atomic E-state index is 12.2. The molecule has 1 saturated carbocycles. The highest BCUT2D eigenvalue weighted by atomic mass is 32.1. The number of nitrogens with one attached hydrogen (secondary N) is 1. The van der Waals surface area contributed by atoms with Crippen LogP contribution in [0.1, 0.15) is 40.6 Å². The molecule has 0 aliphatic heterocycles. The summed E-state index contributed by atoms with van der Waals surface area (Å²) >= 11 is 1.41. The number of carbonyl (C=O) groups excluding carboxylic acids is 2. The number of hydrogen-bond donors (Lipinski definition) is 2. The third kappa shape index (κ3) is 2.97. The van der Waals surface area contributed by atoms with Crippen molar-refractivity contribution in [2.24, 2.45) is 17.8 Å². The van der Waals surface area contributed by atoms with Crippen molar-refractivity contribution in [1.29, 1.82) is 0 Å². The second kappa shape index (κ2) is 5.96. The van der Waals surface area contributed by atoms with Gasteiger partial charge in [-0.15, -0.1) is 11.3 Å². The van der Waals surface area contributed by atoms with Gasteiger partial charge in [-0.1, -0.05) is 6.92 Å². The maximum atomic E-state index is 12.2. The van der Waals surface area contributed by atoms with Gasteiger partial charge < -0.3 is 15.2 Å². The molecule has 1 fully saturated rings. The number of carboxylic acid groups (broad SMARTS) is 1. The van der Waals surface area contributed by atoms with E-state index in [0.717, 1.165) is 29.7 Å². The van der Waals surface area contributed by atoms with E-state index in [9.17, 15) is 14.4 Å². The van der Waals surface area contributed by atoms with Crippen molar-refractivity contribution >= 4 is 34.2 Å². The van der Waals surface area contributed by atoms with Crippen molar-refractivity contribution in [1.82, 2.24) is 0 Å². The van der Waals surface area contributed by atoms with Crippen LogP contribution in [0.4, 0.5) is 5.00 Å². The van der Waals surface area contributed by atoms with Gasteiger partial charge in [-0.3, -0.25) is 9.59 Å². The first-order valence-corrected chi connectivity index (χ1v) is 8.50. The quantitative estimate of drug-likeness (QED) is 0.823.